The molecule has 0 aliphatic heterocycles. The molecule has 0 amide bonds. The third kappa shape index (κ3) is 4.43. The van der Waals surface area contributed by atoms with Gasteiger partial charge in [0.05, 0.1) is 5.92 Å². The highest BCUT2D eigenvalue weighted by atomic mass is 16.3. The molecule has 0 bridgehead atoms. The summed E-state index contributed by atoms with van der Waals surface area (Å²) in [6, 6.07) is 0. The summed E-state index contributed by atoms with van der Waals surface area (Å²) in [6.07, 6.45) is 2.01. The first-order valence-electron chi connectivity index (χ1n) is 9.76. The molecule has 1 unspecified atom stereocenters. The molecule has 26 heavy (non-hydrogen) atoms. The number of Topliss-reactive ketones (excluding diaryl/α,β-unsaturated/α-hetero) is 3. The summed E-state index contributed by atoms with van der Waals surface area (Å²) in [5.41, 5.74) is -2.63. The quantitative estimate of drug-likeness (QED) is 0.574. The zero-order valence-electron chi connectivity index (χ0n) is 17.0. The summed E-state index contributed by atoms with van der Waals surface area (Å²) < 4.78 is 0. The molecule has 0 fully saturated rings. The molecule has 5 heteroatoms. The molecule has 0 spiro atoms. The number of allylic oxidation sites excluding steroid dienone is 1. The number of aliphatic hydroxyl groups is 2. The minimum absolute atomic E-state index is 0.0640. The lowest BCUT2D eigenvalue weighted by Gasteiger charge is -2.28. The largest absolute Gasteiger partial charge is 0.508 e. The van der Waals surface area contributed by atoms with E-state index in [2.05, 4.69) is 0 Å². The van der Waals surface area contributed by atoms with Gasteiger partial charge in [-0.15, -0.1) is 0 Å². The Balaban J connectivity index is 3.31. The van der Waals surface area contributed by atoms with Crippen LogP contribution in [0, 0.1) is 23.7 Å². The summed E-state index contributed by atoms with van der Waals surface area (Å²) in [5.74, 6) is -3.38. The highest BCUT2D eigenvalue weighted by Gasteiger charge is 2.58. The van der Waals surface area contributed by atoms with Crippen LogP contribution in [-0.2, 0) is 14.4 Å². The van der Waals surface area contributed by atoms with E-state index in [1.165, 1.54) is 0 Å². The molecule has 1 aliphatic rings. The van der Waals surface area contributed by atoms with Gasteiger partial charge in [-0.3, -0.25) is 14.4 Å². The van der Waals surface area contributed by atoms with Crippen LogP contribution in [0.1, 0.15) is 73.6 Å². The van der Waals surface area contributed by atoms with Crippen molar-refractivity contribution in [2.45, 2.75) is 79.2 Å². The van der Waals surface area contributed by atoms with Gasteiger partial charge in [0.25, 0.3) is 0 Å². The number of hydrogen-bond acceptors (Lipinski definition) is 5. The van der Waals surface area contributed by atoms with Crippen LogP contribution in [0.15, 0.2) is 11.3 Å². The Morgan fingerprint density at radius 3 is 2.08 bits per heavy atom. The monoisotopic (exact) mass is 366 g/mol. The van der Waals surface area contributed by atoms with Crippen LogP contribution >= 0.6 is 0 Å². The smallest absolute Gasteiger partial charge is 0.190 e. The van der Waals surface area contributed by atoms with Crippen molar-refractivity contribution in [3.05, 3.63) is 11.3 Å². The maximum atomic E-state index is 12.9. The SMILES string of the molecule is CCC(C)C(=O)C1=C(O)[C@](O)(C(=O)CCC(C)C)[C@H](CCC(C)C)C1=O. The van der Waals surface area contributed by atoms with Crippen LogP contribution in [0.4, 0.5) is 0 Å². The maximum Gasteiger partial charge on any atom is 0.190 e. The summed E-state index contributed by atoms with van der Waals surface area (Å²) in [5, 5.41) is 21.8. The van der Waals surface area contributed by atoms with Crippen molar-refractivity contribution in [2.75, 3.05) is 0 Å². The second-order valence-electron chi connectivity index (χ2n) is 8.41. The Morgan fingerprint density at radius 2 is 1.62 bits per heavy atom. The molecule has 1 aliphatic carbocycles. The molecule has 0 heterocycles. The average Bonchev–Trinajstić information content (AvgIpc) is 2.76. The molecular formula is C21H34O5. The molecule has 0 radical (unpaired) electrons. The van der Waals surface area contributed by atoms with Gasteiger partial charge in [0.2, 0.25) is 0 Å². The highest BCUT2D eigenvalue weighted by Crippen LogP contribution is 2.42. The number of aliphatic hydroxyl groups excluding tert-OH is 1. The Kier molecular flexibility index (Phi) is 7.75. The third-order valence-electron chi connectivity index (χ3n) is 5.38. The lowest BCUT2D eigenvalue weighted by Crippen LogP contribution is -2.47. The van der Waals surface area contributed by atoms with Crippen LogP contribution in [0.2, 0.25) is 0 Å². The van der Waals surface area contributed by atoms with Gasteiger partial charge in [-0.25, -0.2) is 0 Å². The normalized spacial score (nSPS) is 24.7. The zero-order valence-corrected chi connectivity index (χ0v) is 17.0. The molecule has 0 aromatic heterocycles. The summed E-state index contributed by atoms with van der Waals surface area (Å²) in [4.78, 5) is 38.3. The van der Waals surface area contributed by atoms with Crippen molar-refractivity contribution < 1.29 is 24.6 Å². The van der Waals surface area contributed by atoms with Crippen LogP contribution in [0.5, 0.6) is 0 Å². The van der Waals surface area contributed by atoms with E-state index in [-0.39, 0.29) is 30.3 Å². The molecule has 148 valence electrons. The second-order valence-corrected chi connectivity index (χ2v) is 8.41. The predicted octanol–water partition coefficient (Wildman–Crippen LogP) is 3.79. The predicted molar refractivity (Wildman–Crippen MR) is 101 cm³/mol. The molecule has 5 nitrogen and oxygen atoms in total. The highest BCUT2D eigenvalue weighted by molar-refractivity contribution is 6.26. The topological polar surface area (TPSA) is 91.7 Å². The first-order valence-corrected chi connectivity index (χ1v) is 9.76. The first kappa shape index (κ1) is 22.6. The number of hydrogen-bond donors (Lipinski definition) is 2. The number of carbonyl (C=O) groups excluding carboxylic acids is 3. The Labute approximate surface area is 156 Å². The average molecular weight is 366 g/mol. The van der Waals surface area contributed by atoms with E-state index in [1.807, 2.05) is 34.6 Å². The van der Waals surface area contributed by atoms with E-state index in [4.69, 9.17) is 0 Å². The Hall–Kier alpha value is -1.49. The first-order chi connectivity index (χ1) is 12.0. The van der Waals surface area contributed by atoms with Crippen molar-refractivity contribution in [1.82, 2.24) is 0 Å². The van der Waals surface area contributed by atoms with Gasteiger partial charge >= 0.3 is 0 Å². The molecule has 0 aromatic rings. The van der Waals surface area contributed by atoms with Crippen molar-refractivity contribution in [3.8, 4) is 0 Å². The standard InChI is InChI=1S/C21H34O5/c1-7-14(6)18(23)17-19(24)15(10-8-12(2)3)21(26,20(17)25)16(22)11-9-13(4)5/h12-15,25-26H,7-11H2,1-6H3/t14?,15-,21-/m1/s1. The zero-order chi connectivity index (χ0) is 20.2. The van der Waals surface area contributed by atoms with Gasteiger partial charge in [0, 0.05) is 12.3 Å². The molecule has 1 rings (SSSR count). The summed E-state index contributed by atoms with van der Waals surface area (Å²) >= 11 is 0. The van der Waals surface area contributed by atoms with Gasteiger partial charge in [-0.05, 0) is 31.1 Å². The molecule has 0 saturated heterocycles. The van der Waals surface area contributed by atoms with Crippen LogP contribution in [-0.4, -0.2) is 33.2 Å². The van der Waals surface area contributed by atoms with Gasteiger partial charge < -0.3 is 10.2 Å². The van der Waals surface area contributed by atoms with Gasteiger partial charge in [0.15, 0.2) is 23.0 Å². The lowest BCUT2D eigenvalue weighted by atomic mass is 9.79. The molecular weight excluding hydrogens is 332 g/mol. The van der Waals surface area contributed by atoms with E-state index in [1.54, 1.807) is 6.92 Å². The summed E-state index contributed by atoms with van der Waals surface area (Å²) in [6.45, 7) is 11.4. The van der Waals surface area contributed by atoms with Crippen molar-refractivity contribution in [1.29, 1.82) is 0 Å². The minimum atomic E-state index is -2.26. The van der Waals surface area contributed by atoms with E-state index in [0.717, 1.165) is 0 Å². The van der Waals surface area contributed by atoms with E-state index < -0.39 is 40.5 Å². The number of rotatable bonds is 10. The third-order valence-corrected chi connectivity index (χ3v) is 5.38. The van der Waals surface area contributed by atoms with Crippen LogP contribution in [0.3, 0.4) is 0 Å². The van der Waals surface area contributed by atoms with Gasteiger partial charge in [-0.2, -0.15) is 0 Å². The molecule has 0 aromatic carbocycles. The summed E-state index contributed by atoms with van der Waals surface area (Å²) in [7, 11) is 0. The number of carbonyl (C=O) groups is 3. The van der Waals surface area contributed by atoms with Gasteiger partial charge in [-0.1, -0.05) is 48.0 Å². The van der Waals surface area contributed by atoms with Crippen molar-refractivity contribution in [2.24, 2.45) is 23.7 Å². The van der Waals surface area contributed by atoms with Crippen molar-refractivity contribution >= 4 is 17.3 Å². The molecule has 3 atom stereocenters. The minimum Gasteiger partial charge on any atom is -0.508 e. The number of ketones is 3. The fourth-order valence-electron chi connectivity index (χ4n) is 3.28. The fourth-order valence-corrected chi connectivity index (χ4v) is 3.28. The van der Waals surface area contributed by atoms with Crippen LogP contribution < -0.4 is 0 Å². The molecule has 0 saturated carbocycles. The van der Waals surface area contributed by atoms with Gasteiger partial charge in [0.1, 0.15) is 11.3 Å². The van der Waals surface area contributed by atoms with E-state index in [9.17, 15) is 24.6 Å². The fraction of sp³-hybridized carbons (Fsp3) is 0.762. The molecule has 2 N–H and O–H groups in total. The van der Waals surface area contributed by atoms with E-state index in [0.29, 0.717) is 19.3 Å². The van der Waals surface area contributed by atoms with Crippen LogP contribution in [0.25, 0.3) is 0 Å². The second kappa shape index (κ2) is 8.94. The lowest BCUT2D eigenvalue weighted by molar-refractivity contribution is -0.145. The van der Waals surface area contributed by atoms with Crippen molar-refractivity contribution in [3.63, 3.8) is 0 Å². The van der Waals surface area contributed by atoms with E-state index >= 15 is 0 Å². The maximum absolute atomic E-state index is 12.9. The Morgan fingerprint density at radius 1 is 1.08 bits per heavy atom. The Bertz CT molecular complexity index is 587.